The van der Waals surface area contributed by atoms with Gasteiger partial charge in [-0.2, -0.15) is 11.8 Å². The number of anilines is 2. The SMILES string of the molecule is CCCCn1c(N)c(NCC2(SC)CC2)c(=O)[nH]c1=O. The summed E-state index contributed by atoms with van der Waals surface area (Å²) in [4.78, 5) is 26.0. The lowest BCUT2D eigenvalue weighted by Crippen LogP contribution is -2.35. The van der Waals surface area contributed by atoms with Crippen molar-refractivity contribution >= 4 is 23.3 Å². The summed E-state index contributed by atoms with van der Waals surface area (Å²) < 4.78 is 1.66. The standard InChI is InChI=1S/C13H22N4O2S/c1-3-4-7-17-10(14)9(11(18)16-12(17)19)15-8-13(20-2)5-6-13/h15H,3-8,14H2,1-2H3,(H,16,18,19). The first-order valence-electron chi connectivity index (χ1n) is 6.94. The molecule has 1 aliphatic carbocycles. The molecule has 0 bridgehead atoms. The van der Waals surface area contributed by atoms with Crippen LogP contribution in [0.3, 0.4) is 0 Å². The predicted molar refractivity (Wildman–Crippen MR) is 84.6 cm³/mol. The van der Waals surface area contributed by atoms with Crippen molar-refractivity contribution < 1.29 is 0 Å². The first kappa shape index (κ1) is 15.0. The van der Waals surface area contributed by atoms with E-state index < -0.39 is 11.2 Å². The summed E-state index contributed by atoms with van der Waals surface area (Å²) in [6.45, 7) is 3.27. The van der Waals surface area contributed by atoms with Gasteiger partial charge in [0.2, 0.25) is 0 Å². The molecule has 4 N–H and O–H groups in total. The quantitative estimate of drug-likeness (QED) is 0.704. The van der Waals surface area contributed by atoms with Crippen LogP contribution in [-0.4, -0.2) is 27.1 Å². The van der Waals surface area contributed by atoms with Gasteiger partial charge in [0.1, 0.15) is 11.5 Å². The molecule has 0 aliphatic heterocycles. The largest absolute Gasteiger partial charge is 0.383 e. The molecule has 1 heterocycles. The summed E-state index contributed by atoms with van der Waals surface area (Å²) in [5, 5.41) is 3.13. The highest BCUT2D eigenvalue weighted by molar-refractivity contribution is 8.00. The van der Waals surface area contributed by atoms with Crippen LogP contribution >= 0.6 is 11.8 Å². The molecule has 1 aliphatic rings. The van der Waals surface area contributed by atoms with Crippen LogP contribution in [0.1, 0.15) is 32.6 Å². The van der Waals surface area contributed by atoms with Crippen LogP contribution in [0.4, 0.5) is 11.5 Å². The Kier molecular flexibility index (Phi) is 4.47. The lowest BCUT2D eigenvalue weighted by atomic mass is 10.3. The number of hydrogen-bond acceptors (Lipinski definition) is 5. The third-order valence-electron chi connectivity index (χ3n) is 3.80. The lowest BCUT2D eigenvalue weighted by Gasteiger charge is -2.17. The van der Waals surface area contributed by atoms with E-state index in [9.17, 15) is 9.59 Å². The summed E-state index contributed by atoms with van der Waals surface area (Å²) in [5.41, 5.74) is 5.44. The van der Waals surface area contributed by atoms with Gasteiger partial charge in [-0.1, -0.05) is 13.3 Å². The van der Waals surface area contributed by atoms with Crippen molar-refractivity contribution in [1.82, 2.24) is 9.55 Å². The Morgan fingerprint density at radius 2 is 2.15 bits per heavy atom. The number of rotatable bonds is 7. The number of nitrogens with one attached hydrogen (secondary N) is 2. The number of nitrogen functional groups attached to an aromatic ring is 1. The van der Waals surface area contributed by atoms with Gasteiger partial charge in [0.05, 0.1) is 0 Å². The van der Waals surface area contributed by atoms with Crippen LogP contribution in [0.5, 0.6) is 0 Å². The van der Waals surface area contributed by atoms with Crippen LogP contribution in [-0.2, 0) is 6.54 Å². The fourth-order valence-electron chi connectivity index (χ4n) is 2.14. The Bertz CT molecular complexity index is 589. The van der Waals surface area contributed by atoms with Crippen LogP contribution in [0.2, 0.25) is 0 Å². The monoisotopic (exact) mass is 298 g/mol. The molecule has 0 spiro atoms. The zero-order valence-electron chi connectivity index (χ0n) is 12.0. The number of nitrogens with zero attached hydrogens (tertiary/aromatic N) is 1. The maximum Gasteiger partial charge on any atom is 0.330 e. The molecular formula is C13H22N4O2S. The van der Waals surface area contributed by atoms with Crippen LogP contribution in [0.25, 0.3) is 0 Å². The minimum absolute atomic E-state index is 0.225. The number of aromatic amines is 1. The van der Waals surface area contributed by atoms with Gasteiger partial charge in [0.15, 0.2) is 0 Å². The number of H-pyrrole nitrogens is 1. The molecule has 6 nitrogen and oxygen atoms in total. The van der Waals surface area contributed by atoms with Crippen LogP contribution < -0.4 is 22.3 Å². The zero-order chi connectivity index (χ0) is 14.8. The van der Waals surface area contributed by atoms with E-state index >= 15 is 0 Å². The highest BCUT2D eigenvalue weighted by Crippen LogP contribution is 2.47. The lowest BCUT2D eigenvalue weighted by molar-refractivity contribution is 0.605. The number of nitrogens with two attached hydrogens (primary N) is 1. The number of aromatic nitrogens is 2. The second kappa shape index (κ2) is 5.95. The Morgan fingerprint density at radius 3 is 2.70 bits per heavy atom. The highest BCUT2D eigenvalue weighted by atomic mass is 32.2. The van der Waals surface area contributed by atoms with Crippen molar-refractivity contribution in [1.29, 1.82) is 0 Å². The molecule has 1 fully saturated rings. The second-order valence-corrected chi connectivity index (χ2v) is 6.54. The van der Waals surface area contributed by atoms with E-state index in [-0.39, 0.29) is 10.6 Å². The van der Waals surface area contributed by atoms with Crippen molar-refractivity contribution in [3.05, 3.63) is 20.8 Å². The molecule has 0 atom stereocenters. The first-order valence-corrected chi connectivity index (χ1v) is 8.17. The van der Waals surface area contributed by atoms with Crippen molar-refractivity contribution in [2.24, 2.45) is 0 Å². The van der Waals surface area contributed by atoms with E-state index in [0.29, 0.717) is 18.8 Å². The van der Waals surface area contributed by atoms with E-state index in [1.54, 1.807) is 11.8 Å². The zero-order valence-corrected chi connectivity index (χ0v) is 12.8. The third-order valence-corrected chi connectivity index (χ3v) is 5.22. The average molecular weight is 298 g/mol. The Balaban J connectivity index is 2.23. The second-order valence-electron chi connectivity index (χ2n) is 5.27. The van der Waals surface area contributed by atoms with Crippen molar-refractivity contribution in [3.63, 3.8) is 0 Å². The molecule has 0 amide bonds. The number of thioether (sulfide) groups is 1. The molecule has 0 unspecified atom stereocenters. The Hall–Kier alpha value is -1.37. The Morgan fingerprint density at radius 1 is 1.45 bits per heavy atom. The number of unbranched alkanes of at least 4 members (excludes halogenated alkanes) is 1. The summed E-state index contributed by atoms with van der Waals surface area (Å²) >= 11 is 1.81. The minimum atomic E-state index is -0.433. The average Bonchev–Trinajstić information content (AvgIpc) is 3.18. The highest BCUT2D eigenvalue weighted by Gasteiger charge is 2.41. The van der Waals surface area contributed by atoms with Gasteiger partial charge < -0.3 is 11.1 Å². The van der Waals surface area contributed by atoms with Gasteiger partial charge in [-0.05, 0) is 25.5 Å². The van der Waals surface area contributed by atoms with Gasteiger partial charge in [-0.25, -0.2) is 4.79 Å². The van der Waals surface area contributed by atoms with Crippen molar-refractivity contribution in [2.45, 2.75) is 43.9 Å². The van der Waals surface area contributed by atoms with Crippen molar-refractivity contribution in [3.8, 4) is 0 Å². The molecule has 1 saturated carbocycles. The summed E-state index contributed by atoms with van der Waals surface area (Å²) in [6.07, 6.45) is 6.18. The molecule has 1 aromatic rings. The normalized spacial score (nSPS) is 16.1. The maximum atomic E-state index is 11.9. The molecule has 7 heteroatoms. The molecule has 2 rings (SSSR count). The van der Waals surface area contributed by atoms with E-state index in [1.165, 1.54) is 4.57 Å². The fraction of sp³-hybridized carbons (Fsp3) is 0.692. The van der Waals surface area contributed by atoms with Gasteiger partial charge in [-0.15, -0.1) is 0 Å². The molecule has 1 aromatic heterocycles. The molecule has 112 valence electrons. The predicted octanol–water partition coefficient (Wildman–Crippen LogP) is 1.23. The fourth-order valence-corrected chi connectivity index (χ4v) is 2.87. The third kappa shape index (κ3) is 3.03. The smallest absolute Gasteiger partial charge is 0.330 e. The molecular weight excluding hydrogens is 276 g/mol. The van der Waals surface area contributed by atoms with E-state index in [0.717, 1.165) is 25.7 Å². The van der Waals surface area contributed by atoms with Gasteiger partial charge >= 0.3 is 5.69 Å². The first-order chi connectivity index (χ1) is 9.53. The summed E-state index contributed by atoms with van der Waals surface area (Å²) in [6, 6.07) is 0. The summed E-state index contributed by atoms with van der Waals surface area (Å²) in [7, 11) is 0. The van der Waals surface area contributed by atoms with Gasteiger partial charge in [0, 0.05) is 17.8 Å². The van der Waals surface area contributed by atoms with E-state index in [4.69, 9.17) is 5.73 Å². The summed E-state index contributed by atoms with van der Waals surface area (Å²) in [5.74, 6) is 0.240. The van der Waals surface area contributed by atoms with Gasteiger partial charge in [0.25, 0.3) is 5.56 Å². The van der Waals surface area contributed by atoms with E-state index in [2.05, 4.69) is 16.6 Å². The maximum absolute atomic E-state index is 11.9. The molecule has 0 aromatic carbocycles. The molecule has 20 heavy (non-hydrogen) atoms. The minimum Gasteiger partial charge on any atom is -0.383 e. The van der Waals surface area contributed by atoms with Crippen molar-refractivity contribution in [2.75, 3.05) is 23.9 Å². The van der Waals surface area contributed by atoms with Gasteiger partial charge in [-0.3, -0.25) is 14.3 Å². The Labute approximate surface area is 122 Å². The van der Waals surface area contributed by atoms with Crippen LogP contribution in [0.15, 0.2) is 9.59 Å². The van der Waals surface area contributed by atoms with E-state index in [1.807, 2.05) is 6.92 Å². The molecule has 0 radical (unpaired) electrons. The number of hydrogen-bond donors (Lipinski definition) is 3. The molecule has 0 saturated heterocycles. The topological polar surface area (TPSA) is 92.9 Å². The van der Waals surface area contributed by atoms with Crippen LogP contribution in [0, 0.1) is 0 Å².